The Morgan fingerprint density at radius 2 is 1.93 bits per heavy atom. The molecule has 0 nitrogen and oxygen atoms in total. The molecule has 1 aromatic carbocycles. The maximum absolute atomic E-state index is 6.00. The maximum atomic E-state index is 6.00. The quantitative estimate of drug-likeness (QED) is 0.670. The summed E-state index contributed by atoms with van der Waals surface area (Å²) < 4.78 is 0. The largest absolute Gasteiger partial charge is 0.0879 e. The fraction of sp³-hybridized carbons (Fsp3) is 0.385. The first kappa shape index (κ1) is 9.81. The van der Waals surface area contributed by atoms with Crippen LogP contribution in [0.1, 0.15) is 19.3 Å². The van der Waals surface area contributed by atoms with Gasteiger partial charge in [-0.15, -0.1) is 0 Å². The van der Waals surface area contributed by atoms with Crippen molar-refractivity contribution in [3.05, 3.63) is 42.2 Å². The van der Waals surface area contributed by atoms with Gasteiger partial charge in [0.05, 0.1) is 0 Å². The van der Waals surface area contributed by atoms with Crippen LogP contribution in [0.5, 0.6) is 0 Å². The molecule has 1 heterocycles. The van der Waals surface area contributed by atoms with E-state index in [1.54, 1.807) is 0 Å². The molecule has 15 heavy (non-hydrogen) atoms. The summed E-state index contributed by atoms with van der Waals surface area (Å²) in [5.74, 6) is 3.18. The summed E-state index contributed by atoms with van der Waals surface area (Å²) in [6, 6.07) is 9.41. The second-order valence-corrected chi connectivity index (χ2v) is 9.26. The van der Waals surface area contributed by atoms with E-state index < -0.39 is 6.04 Å². The fourth-order valence-corrected chi connectivity index (χ4v) is 7.59. The zero-order valence-electron chi connectivity index (χ0n) is 8.67. The minimum atomic E-state index is -1.37. The standard InChI is InChI=1S/C13H15PS/c15-14(12-6-2-1-3-7-12)10-9-11-5-4-8-13(11)14/h1-3,6-7,9-11,13H,4-5,8H2. The summed E-state index contributed by atoms with van der Waals surface area (Å²) in [7, 11) is 0. The van der Waals surface area contributed by atoms with Crippen LogP contribution in [0.3, 0.4) is 0 Å². The first-order valence-corrected chi connectivity index (χ1v) is 8.59. The minimum Gasteiger partial charge on any atom is -0.0879 e. The van der Waals surface area contributed by atoms with E-state index in [1.807, 2.05) is 0 Å². The Labute approximate surface area is 96.4 Å². The molecule has 0 radical (unpaired) electrons. The highest BCUT2D eigenvalue weighted by atomic mass is 32.4. The molecular weight excluding hydrogens is 219 g/mol. The minimum absolute atomic E-state index is 0.787. The molecule has 78 valence electrons. The molecular formula is C13H15PS. The molecule has 0 aromatic heterocycles. The Kier molecular flexibility index (Phi) is 2.34. The number of hydrogen-bond acceptors (Lipinski definition) is 1. The van der Waals surface area contributed by atoms with E-state index in [1.165, 1.54) is 24.6 Å². The molecule has 0 N–H and O–H groups in total. The molecule has 2 heteroatoms. The van der Waals surface area contributed by atoms with Crippen LogP contribution in [-0.2, 0) is 11.8 Å². The van der Waals surface area contributed by atoms with Crippen molar-refractivity contribution in [2.75, 3.05) is 0 Å². The summed E-state index contributed by atoms with van der Waals surface area (Å²) in [4.78, 5) is 0. The first-order chi connectivity index (χ1) is 7.31. The second kappa shape index (κ2) is 3.57. The van der Waals surface area contributed by atoms with Crippen LogP contribution in [0.4, 0.5) is 0 Å². The van der Waals surface area contributed by atoms with Gasteiger partial charge in [-0.3, -0.25) is 0 Å². The lowest BCUT2D eigenvalue weighted by atomic mass is 10.1. The summed E-state index contributed by atoms with van der Waals surface area (Å²) in [5.41, 5.74) is 0.787. The van der Waals surface area contributed by atoms with Crippen LogP contribution < -0.4 is 5.30 Å². The van der Waals surface area contributed by atoms with Gasteiger partial charge in [0.1, 0.15) is 0 Å². The molecule has 3 unspecified atom stereocenters. The highest BCUT2D eigenvalue weighted by Crippen LogP contribution is 2.63. The lowest BCUT2D eigenvalue weighted by molar-refractivity contribution is 0.706. The summed E-state index contributed by atoms with van der Waals surface area (Å²) in [6.45, 7) is 0. The SMILES string of the molecule is S=P1(c2ccccc2)C=CC2CCCC21. The molecule has 2 aliphatic rings. The van der Waals surface area contributed by atoms with Crippen molar-refractivity contribution in [1.82, 2.24) is 0 Å². The molecule has 0 amide bonds. The zero-order valence-corrected chi connectivity index (χ0v) is 10.4. The predicted molar refractivity (Wildman–Crippen MR) is 70.6 cm³/mol. The molecule has 1 saturated carbocycles. The van der Waals surface area contributed by atoms with Crippen molar-refractivity contribution in [2.24, 2.45) is 5.92 Å². The molecule has 3 atom stereocenters. The van der Waals surface area contributed by atoms with E-state index in [4.69, 9.17) is 11.8 Å². The average Bonchev–Trinajstić information content (AvgIpc) is 2.85. The van der Waals surface area contributed by atoms with Gasteiger partial charge in [0.2, 0.25) is 0 Å². The van der Waals surface area contributed by atoms with Crippen molar-refractivity contribution in [2.45, 2.75) is 24.9 Å². The predicted octanol–water partition coefficient (Wildman–Crippen LogP) is 3.49. The molecule has 0 saturated heterocycles. The Hall–Kier alpha value is -0.390. The first-order valence-electron chi connectivity index (χ1n) is 5.65. The topological polar surface area (TPSA) is 0 Å². The Morgan fingerprint density at radius 1 is 1.13 bits per heavy atom. The third-order valence-corrected chi connectivity index (χ3v) is 8.90. The normalized spacial score (nSPS) is 38.1. The summed E-state index contributed by atoms with van der Waals surface area (Å²) >= 11 is 6.00. The van der Waals surface area contributed by atoms with Crippen LogP contribution in [0.25, 0.3) is 0 Å². The van der Waals surface area contributed by atoms with E-state index in [0.29, 0.717) is 0 Å². The van der Waals surface area contributed by atoms with Crippen molar-refractivity contribution in [3.8, 4) is 0 Å². The smallest absolute Gasteiger partial charge is 0.00687 e. The number of fused-ring (bicyclic) bond motifs is 1. The van der Waals surface area contributed by atoms with E-state index in [2.05, 4.69) is 42.2 Å². The van der Waals surface area contributed by atoms with E-state index in [0.717, 1.165) is 11.6 Å². The Morgan fingerprint density at radius 3 is 2.73 bits per heavy atom. The van der Waals surface area contributed by atoms with Crippen molar-refractivity contribution in [3.63, 3.8) is 0 Å². The van der Waals surface area contributed by atoms with Crippen LogP contribution in [0.2, 0.25) is 0 Å². The van der Waals surface area contributed by atoms with Gasteiger partial charge in [-0.05, 0) is 24.1 Å². The van der Waals surface area contributed by atoms with Crippen molar-refractivity contribution >= 4 is 23.1 Å². The van der Waals surface area contributed by atoms with Gasteiger partial charge in [-0.1, -0.05) is 60.5 Å². The van der Waals surface area contributed by atoms with Crippen LogP contribution in [0, 0.1) is 5.92 Å². The molecule has 0 spiro atoms. The van der Waals surface area contributed by atoms with Gasteiger partial charge < -0.3 is 0 Å². The number of rotatable bonds is 1. The second-order valence-electron chi connectivity index (χ2n) is 4.55. The van der Waals surface area contributed by atoms with Gasteiger partial charge >= 0.3 is 0 Å². The maximum Gasteiger partial charge on any atom is 0.00687 e. The van der Waals surface area contributed by atoms with Crippen molar-refractivity contribution in [1.29, 1.82) is 0 Å². The lowest BCUT2D eigenvalue weighted by Gasteiger charge is -2.23. The zero-order chi connectivity index (χ0) is 10.3. The van der Waals surface area contributed by atoms with Gasteiger partial charge in [-0.25, -0.2) is 0 Å². The monoisotopic (exact) mass is 234 g/mol. The van der Waals surface area contributed by atoms with E-state index in [-0.39, 0.29) is 0 Å². The van der Waals surface area contributed by atoms with Crippen LogP contribution in [0.15, 0.2) is 42.2 Å². The third kappa shape index (κ3) is 1.45. The summed E-state index contributed by atoms with van der Waals surface area (Å²) in [6.07, 6.45) is 6.51. The molecule has 0 bridgehead atoms. The number of hydrogen-bond donors (Lipinski definition) is 0. The third-order valence-electron chi connectivity index (χ3n) is 3.74. The highest BCUT2D eigenvalue weighted by Gasteiger charge is 2.40. The lowest BCUT2D eigenvalue weighted by Crippen LogP contribution is -2.14. The van der Waals surface area contributed by atoms with Gasteiger partial charge in [0, 0.05) is 11.7 Å². The average molecular weight is 234 g/mol. The number of benzene rings is 1. The fourth-order valence-electron chi connectivity index (χ4n) is 2.96. The molecule has 1 aliphatic heterocycles. The van der Waals surface area contributed by atoms with E-state index >= 15 is 0 Å². The Balaban J connectivity index is 2.05. The van der Waals surface area contributed by atoms with E-state index in [9.17, 15) is 0 Å². The van der Waals surface area contributed by atoms with Crippen LogP contribution in [-0.4, -0.2) is 5.66 Å². The van der Waals surface area contributed by atoms with Gasteiger partial charge in [0.25, 0.3) is 0 Å². The molecule has 3 rings (SSSR count). The van der Waals surface area contributed by atoms with Crippen molar-refractivity contribution < 1.29 is 0 Å². The van der Waals surface area contributed by atoms with Crippen LogP contribution >= 0.6 is 6.04 Å². The molecule has 1 aromatic rings. The Bertz CT molecular complexity index is 435. The van der Waals surface area contributed by atoms with Gasteiger partial charge in [-0.2, -0.15) is 0 Å². The highest BCUT2D eigenvalue weighted by molar-refractivity contribution is 8.20. The molecule has 1 aliphatic carbocycles. The van der Waals surface area contributed by atoms with Gasteiger partial charge in [0.15, 0.2) is 0 Å². The summed E-state index contributed by atoms with van der Waals surface area (Å²) in [5, 5.41) is 1.42. The number of allylic oxidation sites excluding steroid dienone is 1. The molecule has 1 fully saturated rings.